The van der Waals surface area contributed by atoms with Crippen LogP contribution in [0.25, 0.3) is 0 Å². The number of carboxylic acid groups (broad SMARTS) is 1. The summed E-state index contributed by atoms with van der Waals surface area (Å²) in [7, 11) is 0. The van der Waals surface area contributed by atoms with Crippen LogP contribution in [0.2, 0.25) is 0 Å². The first-order chi connectivity index (χ1) is 13.1. The van der Waals surface area contributed by atoms with Crippen LogP contribution in [0, 0.1) is 0 Å². The van der Waals surface area contributed by atoms with Crippen LogP contribution in [-0.2, 0) is 17.4 Å². The van der Waals surface area contributed by atoms with E-state index in [1.165, 1.54) is 17.0 Å². The molecule has 1 aromatic rings. The Morgan fingerprint density at radius 1 is 1.18 bits per heavy atom. The van der Waals surface area contributed by atoms with Gasteiger partial charge in [-0.25, -0.2) is 4.79 Å². The second-order valence-corrected chi connectivity index (χ2v) is 7.48. The van der Waals surface area contributed by atoms with Crippen molar-refractivity contribution in [3.63, 3.8) is 0 Å². The van der Waals surface area contributed by atoms with Gasteiger partial charge in [0.25, 0.3) is 0 Å². The Balaban J connectivity index is 1.86. The third-order valence-electron chi connectivity index (χ3n) is 5.71. The minimum absolute atomic E-state index is 0.134. The number of rotatable bonds is 4. The molecule has 2 heterocycles. The maximum absolute atomic E-state index is 13.3. The molecule has 0 bridgehead atoms. The molecule has 154 valence electrons. The number of alkyl halides is 3. The highest BCUT2D eigenvalue weighted by Crippen LogP contribution is 2.32. The SMILES string of the molecule is CC1(C(=O)Cc2ccc(C(F)(F)F)cc2)C(N2CCCC2)NCCN1C(=O)O. The van der Waals surface area contributed by atoms with Gasteiger partial charge in [0.05, 0.1) is 11.7 Å². The van der Waals surface area contributed by atoms with Gasteiger partial charge in [0.15, 0.2) is 5.78 Å². The summed E-state index contributed by atoms with van der Waals surface area (Å²) in [5, 5.41) is 13.0. The van der Waals surface area contributed by atoms with Crippen molar-refractivity contribution in [3.8, 4) is 0 Å². The Labute approximate surface area is 161 Å². The molecule has 2 fully saturated rings. The van der Waals surface area contributed by atoms with Crippen LogP contribution in [0.1, 0.15) is 30.9 Å². The average molecular weight is 399 g/mol. The summed E-state index contributed by atoms with van der Waals surface area (Å²) < 4.78 is 38.2. The molecule has 2 aliphatic rings. The second kappa shape index (κ2) is 7.71. The van der Waals surface area contributed by atoms with Crippen molar-refractivity contribution in [2.24, 2.45) is 0 Å². The predicted octanol–water partition coefficient (Wildman–Crippen LogP) is 2.58. The summed E-state index contributed by atoms with van der Waals surface area (Å²) in [6, 6.07) is 4.43. The third kappa shape index (κ3) is 3.86. The van der Waals surface area contributed by atoms with Gasteiger partial charge in [-0.2, -0.15) is 13.2 Å². The lowest BCUT2D eigenvalue weighted by molar-refractivity contribution is -0.137. The van der Waals surface area contributed by atoms with E-state index in [1.54, 1.807) is 6.92 Å². The molecule has 2 aliphatic heterocycles. The number of hydrogen-bond acceptors (Lipinski definition) is 4. The lowest BCUT2D eigenvalue weighted by Gasteiger charge is -2.50. The van der Waals surface area contributed by atoms with Crippen molar-refractivity contribution in [1.82, 2.24) is 15.1 Å². The van der Waals surface area contributed by atoms with Gasteiger partial charge in [-0.05, 0) is 50.6 Å². The van der Waals surface area contributed by atoms with Crippen LogP contribution in [-0.4, -0.2) is 64.7 Å². The number of nitrogens with one attached hydrogen (secondary N) is 1. The molecule has 1 amide bonds. The average Bonchev–Trinajstić information content (AvgIpc) is 3.15. The fourth-order valence-corrected chi connectivity index (χ4v) is 4.15. The van der Waals surface area contributed by atoms with Gasteiger partial charge >= 0.3 is 12.3 Å². The van der Waals surface area contributed by atoms with Crippen molar-refractivity contribution in [2.45, 2.75) is 44.1 Å². The van der Waals surface area contributed by atoms with Crippen LogP contribution in [0.5, 0.6) is 0 Å². The number of carbonyl (C=O) groups is 2. The molecule has 2 saturated heterocycles. The highest BCUT2D eigenvalue weighted by atomic mass is 19.4. The minimum Gasteiger partial charge on any atom is -0.465 e. The van der Waals surface area contributed by atoms with Gasteiger partial charge in [-0.15, -0.1) is 0 Å². The molecule has 2 N–H and O–H groups in total. The molecule has 9 heteroatoms. The Morgan fingerprint density at radius 3 is 2.32 bits per heavy atom. The first kappa shape index (κ1) is 20.6. The van der Waals surface area contributed by atoms with Gasteiger partial charge in [0.2, 0.25) is 0 Å². The minimum atomic E-state index is -4.44. The number of nitrogens with zero attached hydrogens (tertiary/aromatic N) is 2. The molecule has 0 saturated carbocycles. The first-order valence-corrected chi connectivity index (χ1v) is 9.31. The van der Waals surface area contributed by atoms with Gasteiger partial charge in [0.1, 0.15) is 5.54 Å². The lowest BCUT2D eigenvalue weighted by atomic mass is 9.84. The number of carbonyl (C=O) groups excluding carboxylic acids is 1. The van der Waals surface area contributed by atoms with Crippen molar-refractivity contribution < 1.29 is 27.9 Å². The van der Waals surface area contributed by atoms with Gasteiger partial charge in [0, 0.05) is 19.5 Å². The maximum Gasteiger partial charge on any atom is 0.416 e. The largest absolute Gasteiger partial charge is 0.465 e. The summed E-state index contributed by atoms with van der Waals surface area (Å²) in [6.45, 7) is 3.77. The van der Waals surface area contributed by atoms with Crippen LogP contribution in [0.3, 0.4) is 0 Å². The third-order valence-corrected chi connectivity index (χ3v) is 5.71. The van der Waals surface area contributed by atoms with E-state index in [0.29, 0.717) is 12.1 Å². The van der Waals surface area contributed by atoms with Crippen molar-refractivity contribution >= 4 is 11.9 Å². The molecule has 2 atom stereocenters. The normalized spacial score (nSPS) is 26.4. The van der Waals surface area contributed by atoms with Crippen molar-refractivity contribution in [3.05, 3.63) is 35.4 Å². The van der Waals surface area contributed by atoms with E-state index in [2.05, 4.69) is 10.2 Å². The van der Waals surface area contributed by atoms with Crippen LogP contribution in [0.15, 0.2) is 24.3 Å². The Bertz CT molecular complexity index is 732. The van der Waals surface area contributed by atoms with E-state index in [9.17, 15) is 27.9 Å². The predicted molar refractivity (Wildman–Crippen MR) is 95.9 cm³/mol. The van der Waals surface area contributed by atoms with Crippen molar-refractivity contribution in [1.29, 1.82) is 0 Å². The van der Waals surface area contributed by atoms with E-state index < -0.39 is 29.5 Å². The molecule has 0 aromatic heterocycles. The van der Waals surface area contributed by atoms with Crippen LogP contribution < -0.4 is 5.32 Å². The maximum atomic E-state index is 13.3. The van der Waals surface area contributed by atoms with E-state index in [0.717, 1.165) is 38.1 Å². The molecular weight excluding hydrogens is 375 g/mol. The van der Waals surface area contributed by atoms with E-state index >= 15 is 0 Å². The van der Waals surface area contributed by atoms with Crippen LogP contribution in [0.4, 0.5) is 18.0 Å². The highest BCUT2D eigenvalue weighted by molar-refractivity contribution is 5.93. The zero-order valence-corrected chi connectivity index (χ0v) is 15.6. The molecule has 28 heavy (non-hydrogen) atoms. The smallest absolute Gasteiger partial charge is 0.416 e. The second-order valence-electron chi connectivity index (χ2n) is 7.48. The lowest BCUT2D eigenvalue weighted by Crippen LogP contribution is -2.74. The standard InChI is InChI=1S/C19H24F3N3O3/c1-18(15(26)12-13-4-6-14(7-5-13)19(20,21)22)16(24-9-2-3-10-24)23-8-11-25(18)17(27)28/h4-7,16,23H,2-3,8-12H2,1H3,(H,27,28). The summed E-state index contributed by atoms with van der Waals surface area (Å²) in [5.74, 6) is -0.334. The Hall–Kier alpha value is -2.13. The van der Waals surface area contributed by atoms with Gasteiger partial charge in [-0.1, -0.05) is 12.1 Å². The molecular formula is C19H24F3N3O3. The zero-order chi connectivity index (χ0) is 20.5. The van der Waals surface area contributed by atoms with Crippen molar-refractivity contribution in [2.75, 3.05) is 26.2 Å². The number of benzene rings is 1. The van der Waals surface area contributed by atoms with E-state index in [-0.39, 0.29) is 18.7 Å². The topological polar surface area (TPSA) is 72.9 Å². The Kier molecular flexibility index (Phi) is 5.67. The number of ketones is 1. The summed E-state index contributed by atoms with van der Waals surface area (Å²) in [6.07, 6.45) is -4.24. The molecule has 2 unspecified atom stereocenters. The molecule has 0 spiro atoms. The molecule has 0 aliphatic carbocycles. The van der Waals surface area contributed by atoms with Crippen LogP contribution >= 0.6 is 0 Å². The summed E-state index contributed by atoms with van der Waals surface area (Å²) >= 11 is 0. The number of hydrogen-bond donors (Lipinski definition) is 2. The Morgan fingerprint density at radius 2 is 1.79 bits per heavy atom. The number of piperazine rings is 1. The highest BCUT2D eigenvalue weighted by Gasteiger charge is 2.52. The molecule has 6 nitrogen and oxygen atoms in total. The number of Topliss-reactive ketones (excluding diaryl/α,β-unsaturated/α-hetero) is 1. The first-order valence-electron chi connectivity index (χ1n) is 9.31. The van der Waals surface area contributed by atoms with Gasteiger partial charge < -0.3 is 5.11 Å². The molecule has 3 rings (SSSR count). The molecule has 1 aromatic carbocycles. The number of amides is 1. The fraction of sp³-hybridized carbons (Fsp3) is 0.579. The summed E-state index contributed by atoms with van der Waals surface area (Å²) in [4.78, 5) is 28.4. The zero-order valence-electron chi connectivity index (χ0n) is 15.6. The number of halogens is 3. The monoisotopic (exact) mass is 399 g/mol. The van der Waals surface area contributed by atoms with E-state index in [4.69, 9.17) is 0 Å². The molecule has 0 radical (unpaired) electrons. The fourth-order valence-electron chi connectivity index (χ4n) is 4.15. The van der Waals surface area contributed by atoms with Gasteiger partial charge in [-0.3, -0.25) is 19.9 Å². The summed E-state index contributed by atoms with van der Waals surface area (Å²) in [5.41, 5.74) is -1.68. The van der Waals surface area contributed by atoms with E-state index in [1.807, 2.05) is 0 Å². The number of likely N-dealkylation sites (tertiary alicyclic amines) is 1. The quantitative estimate of drug-likeness (QED) is 0.814.